The number of rotatable bonds is 0. The van der Waals surface area contributed by atoms with Gasteiger partial charge in [-0.3, -0.25) is 0 Å². The van der Waals surface area contributed by atoms with Crippen molar-refractivity contribution in [2.45, 2.75) is 0 Å². The van der Waals surface area contributed by atoms with Crippen LogP contribution in [-0.4, -0.2) is 13.2 Å². The molecule has 0 saturated carbocycles. The van der Waals surface area contributed by atoms with Gasteiger partial charge in [-0.2, -0.15) is 0 Å². The van der Waals surface area contributed by atoms with Gasteiger partial charge in [0, 0.05) is 10.8 Å². The third kappa shape index (κ3) is 1.08. The van der Waals surface area contributed by atoms with Crippen molar-refractivity contribution in [1.82, 2.24) is 0 Å². The third-order valence-corrected chi connectivity index (χ3v) is 3.00. The number of fused-ring (bicyclic) bond motifs is 2. The van der Waals surface area contributed by atoms with Gasteiger partial charge in [0.15, 0.2) is 11.5 Å². The Bertz CT molecular complexity index is 407. The van der Waals surface area contributed by atoms with E-state index in [1.54, 1.807) is 11.3 Å². The maximum Gasteiger partial charge on any atom is 0.162 e. The summed E-state index contributed by atoms with van der Waals surface area (Å²) in [6, 6.07) is 6.19. The molecule has 3 heteroatoms. The van der Waals surface area contributed by atoms with Crippen molar-refractivity contribution >= 4 is 21.4 Å². The molecule has 0 N–H and O–H groups in total. The Kier molecular flexibility index (Phi) is 1.46. The Labute approximate surface area is 79.7 Å². The molecule has 66 valence electrons. The second kappa shape index (κ2) is 2.64. The van der Waals surface area contributed by atoms with E-state index >= 15 is 0 Å². The molecule has 2 heterocycles. The molecular weight excluding hydrogens is 184 g/mol. The van der Waals surface area contributed by atoms with Gasteiger partial charge >= 0.3 is 0 Å². The third-order valence-electron chi connectivity index (χ3n) is 2.12. The van der Waals surface area contributed by atoms with Crippen LogP contribution >= 0.6 is 11.3 Å². The predicted octanol–water partition coefficient (Wildman–Crippen LogP) is 2.67. The molecule has 0 atom stereocenters. The lowest BCUT2D eigenvalue weighted by molar-refractivity contribution is 0.172. The Hall–Kier alpha value is -1.22. The lowest BCUT2D eigenvalue weighted by Gasteiger charge is -2.17. The summed E-state index contributed by atoms with van der Waals surface area (Å²) in [5.74, 6) is 1.75. The number of hydrogen-bond donors (Lipinski definition) is 0. The van der Waals surface area contributed by atoms with Gasteiger partial charge in [0.2, 0.25) is 0 Å². The first kappa shape index (κ1) is 7.21. The summed E-state index contributed by atoms with van der Waals surface area (Å²) in [4.78, 5) is 0. The van der Waals surface area contributed by atoms with E-state index in [2.05, 4.69) is 17.5 Å². The van der Waals surface area contributed by atoms with Crippen LogP contribution in [0.1, 0.15) is 0 Å². The minimum atomic E-state index is 0.655. The van der Waals surface area contributed by atoms with Gasteiger partial charge in [0.1, 0.15) is 13.2 Å². The van der Waals surface area contributed by atoms with Gasteiger partial charge in [-0.1, -0.05) is 0 Å². The SMILES string of the molecule is c1cc2cc3c(cc2s1)OCCO3. The molecule has 0 fully saturated rings. The Balaban J connectivity index is 2.28. The molecule has 1 aliphatic rings. The highest BCUT2D eigenvalue weighted by Crippen LogP contribution is 2.36. The Morgan fingerprint density at radius 2 is 1.85 bits per heavy atom. The molecule has 1 aromatic carbocycles. The van der Waals surface area contributed by atoms with Gasteiger partial charge in [0.05, 0.1) is 0 Å². The molecule has 1 aliphatic heterocycles. The highest BCUT2D eigenvalue weighted by Gasteiger charge is 2.12. The van der Waals surface area contributed by atoms with Crippen LogP contribution in [0.3, 0.4) is 0 Å². The molecule has 2 nitrogen and oxygen atoms in total. The van der Waals surface area contributed by atoms with Crippen LogP contribution in [0.5, 0.6) is 11.5 Å². The normalized spacial score (nSPS) is 14.8. The molecule has 1 aromatic heterocycles. The number of ether oxygens (including phenoxy) is 2. The van der Waals surface area contributed by atoms with Crippen molar-refractivity contribution in [2.75, 3.05) is 13.2 Å². The molecule has 0 aliphatic carbocycles. The van der Waals surface area contributed by atoms with Crippen molar-refractivity contribution in [2.24, 2.45) is 0 Å². The van der Waals surface area contributed by atoms with Crippen LogP contribution in [-0.2, 0) is 0 Å². The van der Waals surface area contributed by atoms with E-state index in [-0.39, 0.29) is 0 Å². The summed E-state index contributed by atoms with van der Waals surface area (Å²) < 4.78 is 12.2. The summed E-state index contributed by atoms with van der Waals surface area (Å²) in [5, 5.41) is 3.31. The first-order valence-corrected chi connectivity index (χ1v) is 5.08. The van der Waals surface area contributed by atoms with Gasteiger partial charge in [-0.05, 0) is 22.9 Å². The first-order chi connectivity index (χ1) is 6.43. The molecule has 13 heavy (non-hydrogen) atoms. The standard InChI is InChI=1S/C10H8O2S/c1-4-13-10-6-9-8(5-7(1)10)11-2-3-12-9/h1,4-6H,2-3H2. The van der Waals surface area contributed by atoms with Crippen LogP contribution in [0.25, 0.3) is 10.1 Å². The molecule has 3 rings (SSSR count). The zero-order valence-corrected chi connectivity index (χ0v) is 7.76. The minimum Gasteiger partial charge on any atom is -0.486 e. The summed E-state index contributed by atoms with van der Waals surface area (Å²) in [7, 11) is 0. The highest BCUT2D eigenvalue weighted by molar-refractivity contribution is 7.17. The molecule has 2 aromatic rings. The van der Waals surface area contributed by atoms with Crippen LogP contribution in [0, 0.1) is 0 Å². The number of thiophene rings is 1. The zero-order chi connectivity index (χ0) is 8.67. The van der Waals surface area contributed by atoms with Crippen molar-refractivity contribution in [3.05, 3.63) is 23.6 Å². The summed E-state index contributed by atoms with van der Waals surface area (Å²) in [6.45, 7) is 1.31. The van der Waals surface area contributed by atoms with Crippen molar-refractivity contribution in [3.63, 3.8) is 0 Å². The second-order valence-electron chi connectivity index (χ2n) is 2.95. The first-order valence-electron chi connectivity index (χ1n) is 4.20. The van der Waals surface area contributed by atoms with Crippen molar-refractivity contribution < 1.29 is 9.47 Å². The van der Waals surface area contributed by atoms with Crippen LogP contribution in [0.4, 0.5) is 0 Å². The lowest BCUT2D eigenvalue weighted by Crippen LogP contribution is -2.14. The van der Waals surface area contributed by atoms with Crippen molar-refractivity contribution in [1.29, 1.82) is 0 Å². The fourth-order valence-corrected chi connectivity index (χ4v) is 2.30. The van der Waals surface area contributed by atoms with E-state index in [0.717, 1.165) is 11.5 Å². The number of hydrogen-bond acceptors (Lipinski definition) is 3. The average Bonchev–Trinajstić information content (AvgIpc) is 2.61. The van der Waals surface area contributed by atoms with Gasteiger partial charge < -0.3 is 9.47 Å². The van der Waals surface area contributed by atoms with Gasteiger partial charge in [-0.25, -0.2) is 0 Å². The predicted molar refractivity (Wildman–Crippen MR) is 52.8 cm³/mol. The summed E-state index contributed by atoms with van der Waals surface area (Å²) in [5.41, 5.74) is 0. The molecule has 0 saturated heterocycles. The quantitative estimate of drug-likeness (QED) is 0.639. The monoisotopic (exact) mass is 192 g/mol. The van der Waals surface area contributed by atoms with E-state index in [1.165, 1.54) is 10.1 Å². The smallest absolute Gasteiger partial charge is 0.162 e. The van der Waals surface area contributed by atoms with E-state index < -0.39 is 0 Å². The molecule has 0 bridgehead atoms. The Morgan fingerprint density at radius 3 is 2.69 bits per heavy atom. The molecule has 0 unspecified atom stereocenters. The lowest BCUT2D eigenvalue weighted by atomic mass is 10.2. The van der Waals surface area contributed by atoms with Gasteiger partial charge in [-0.15, -0.1) is 11.3 Å². The molecule has 0 radical (unpaired) electrons. The van der Waals surface area contributed by atoms with E-state index in [1.807, 2.05) is 6.07 Å². The largest absolute Gasteiger partial charge is 0.486 e. The fraction of sp³-hybridized carbons (Fsp3) is 0.200. The molecule has 0 spiro atoms. The van der Waals surface area contributed by atoms with Gasteiger partial charge in [0.25, 0.3) is 0 Å². The minimum absolute atomic E-state index is 0.655. The van der Waals surface area contributed by atoms with E-state index in [4.69, 9.17) is 9.47 Å². The summed E-state index contributed by atoms with van der Waals surface area (Å²) in [6.07, 6.45) is 0. The maximum atomic E-state index is 5.48. The zero-order valence-electron chi connectivity index (χ0n) is 6.95. The topological polar surface area (TPSA) is 18.5 Å². The fourth-order valence-electron chi connectivity index (χ4n) is 1.50. The molecule has 0 amide bonds. The van der Waals surface area contributed by atoms with Crippen LogP contribution < -0.4 is 9.47 Å². The van der Waals surface area contributed by atoms with Crippen molar-refractivity contribution in [3.8, 4) is 11.5 Å². The highest BCUT2D eigenvalue weighted by atomic mass is 32.1. The maximum absolute atomic E-state index is 5.48. The van der Waals surface area contributed by atoms with Crippen LogP contribution in [0.15, 0.2) is 23.6 Å². The van der Waals surface area contributed by atoms with E-state index in [9.17, 15) is 0 Å². The average molecular weight is 192 g/mol. The number of benzene rings is 1. The Morgan fingerprint density at radius 1 is 1.08 bits per heavy atom. The van der Waals surface area contributed by atoms with E-state index in [0.29, 0.717) is 13.2 Å². The molecular formula is C10H8O2S. The summed E-state index contributed by atoms with van der Waals surface area (Å²) >= 11 is 1.72. The van der Waals surface area contributed by atoms with Crippen LogP contribution in [0.2, 0.25) is 0 Å². The second-order valence-corrected chi connectivity index (χ2v) is 3.90.